The Hall–Kier alpha value is -1.74. The Balaban J connectivity index is 2.19. The highest BCUT2D eigenvalue weighted by atomic mass is 32.2. The molecule has 0 aliphatic heterocycles. The van der Waals surface area contributed by atoms with Crippen molar-refractivity contribution in [3.63, 3.8) is 0 Å². The SMILES string of the molecule is CNS(=O)(=O)c1ccc(C)c(C(=O)NCC(c2cccs2)N(C)C)c1. The number of hydrogen-bond donors (Lipinski definition) is 2. The van der Waals surface area contributed by atoms with Crippen LogP contribution in [-0.2, 0) is 10.0 Å². The van der Waals surface area contributed by atoms with Gasteiger partial charge in [0.1, 0.15) is 0 Å². The summed E-state index contributed by atoms with van der Waals surface area (Å²) in [6.45, 7) is 2.22. The lowest BCUT2D eigenvalue weighted by Crippen LogP contribution is -2.34. The molecule has 1 heterocycles. The number of amides is 1. The highest BCUT2D eigenvalue weighted by Crippen LogP contribution is 2.22. The topological polar surface area (TPSA) is 78.5 Å². The maximum atomic E-state index is 12.6. The molecule has 8 heteroatoms. The maximum Gasteiger partial charge on any atom is 0.251 e. The fourth-order valence-electron chi connectivity index (χ4n) is 2.43. The van der Waals surface area contributed by atoms with Crippen molar-refractivity contribution in [2.45, 2.75) is 17.9 Å². The third-order valence-electron chi connectivity index (χ3n) is 3.98. The summed E-state index contributed by atoms with van der Waals surface area (Å²) in [5.74, 6) is -0.283. The van der Waals surface area contributed by atoms with Crippen molar-refractivity contribution in [3.05, 3.63) is 51.7 Å². The summed E-state index contributed by atoms with van der Waals surface area (Å²) in [6, 6.07) is 8.62. The molecule has 2 N–H and O–H groups in total. The summed E-state index contributed by atoms with van der Waals surface area (Å²) in [6.07, 6.45) is 0. The number of benzene rings is 1. The molecular formula is C17H23N3O3S2. The third-order valence-corrected chi connectivity index (χ3v) is 6.37. The molecule has 0 aliphatic carbocycles. The number of nitrogens with zero attached hydrogens (tertiary/aromatic N) is 1. The second kappa shape index (κ2) is 8.09. The molecule has 0 saturated carbocycles. The Bertz CT molecular complexity index is 831. The molecule has 0 aliphatic rings. The number of nitrogens with one attached hydrogen (secondary N) is 2. The van der Waals surface area contributed by atoms with E-state index in [4.69, 9.17) is 0 Å². The van der Waals surface area contributed by atoms with Gasteiger partial charge in [0.05, 0.1) is 10.9 Å². The average molecular weight is 382 g/mol. The first-order chi connectivity index (χ1) is 11.8. The normalized spacial score (nSPS) is 13.0. The van der Waals surface area contributed by atoms with Crippen LogP contribution in [-0.4, -0.2) is 46.9 Å². The van der Waals surface area contributed by atoms with E-state index in [1.165, 1.54) is 19.2 Å². The molecule has 0 saturated heterocycles. The van der Waals surface area contributed by atoms with Gasteiger partial charge in [-0.2, -0.15) is 0 Å². The van der Waals surface area contributed by atoms with Crippen molar-refractivity contribution < 1.29 is 13.2 Å². The molecule has 0 spiro atoms. The van der Waals surface area contributed by atoms with Crippen molar-refractivity contribution in [1.82, 2.24) is 14.9 Å². The maximum absolute atomic E-state index is 12.6. The van der Waals surface area contributed by atoms with E-state index in [0.717, 1.165) is 10.4 Å². The van der Waals surface area contributed by atoms with E-state index in [1.807, 2.05) is 36.5 Å². The first-order valence-corrected chi connectivity index (χ1v) is 10.1. The van der Waals surface area contributed by atoms with Crippen LogP contribution in [0.2, 0.25) is 0 Å². The van der Waals surface area contributed by atoms with E-state index >= 15 is 0 Å². The highest BCUT2D eigenvalue weighted by Gasteiger charge is 2.19. The molecule has 1 amide bonds. The molecule has 0 radical (unpaired) electrons. The van der Waals surface area contributed by atoms with Gasteiger partial charge in [-0.3, -0.25) is 4.79 Å². The lowest BCUT2D eigenvalue weighted by molar-refractivity contribution is 0.0941. The second-order valence-corrected chi connectivity index (χ2v) is 8.75. The summed E-state index contributed by atoms with van der Waals surface area (Å²) in [5, 5.41) is 4.92. The van der Waals surface area contributed by atoms with Crippen LogP contribution in [0.1, 0.15) is 26.8 Å². The van der Waals surface area contributed by atoms with Crippen LogP contribution < -0.4 is 10.0 Å². The molecule has 1 unspecified atom stereocenters. The van der Waals surface area contributed by atoms with Crippen molar-refractivity contribution >= 4 is 27.3 Å². The number of thiophene rings is 1. The van der Waals surface area contributed by atoms with Crippen LogP contribution in [0.5, 0.6) is 0 Å². The van der Waals surface area contributed by atoms with E-state index in [0.29, 0.717) is 12.1 Å². The zero-order chi connectivity index (χ0) is 18.6. The van der Waals surface area contributed by atoms with Gasteiger partial charge in [0.2, 0.25) is 10.0 Å². The molecule has 1 aromatic heterocycles. The van der Waals surface area contributed by atoms with Gasteiger partial charge in [0.25, 0.3) is 5.91 Å². The minimum Gasteiger partial charge on any atom is -0.350 e. The summed E-state index contributed by atoms with van der Waals surface area (Å²) in [7, 11) is 1.68. The largest absolute Gasteiger partial charge is 0.350 e. The van der Waals surface area contributed by atoms with Crippen LogP contribution in [0.25, 0.3) is 0 Å². The van der Waals surface area contributed by atoms with Gasteiger partial charge in [-0.05, 0) is 57.2 Å². The summed E-state index contributed by atoms with van der Waals surface area (Å²) >= 11 is 1.64. The van der Waals surface area contributed by atoms with Crippen molar-refractivity contribution in [3.8, 4) is 0 Å². The fourth-order valence-corrected chi connectivity index (χ4v) is 4.11. The molecule has 0 bridgehead atoms. The van der Waals surface area contributed by atoms with Gasteiger partial charge in [-0.1, -0.05) is 12.1 Å². The van der Waals surface area contributed by atoms with Crippen LogP contribution >= 0.6 is 11.3 Å². The Labute approximate surface area is 152 Å². The quantitative estimate of drug-likeness (QED) is 0.769. The third kappa shape index (κ3) is 4.66. The Morgan fingerprint density at radius 2 is 2.00 bits per heavy atom. The molecule has 0 fully saturated rings. The number of hydrogen-bond acceptors (Lipinski definition) is 5. The van der Waals surface area contributed by atoms with Crippen LogP contribution in [0.3, 0.4) is 0 Å². The van der Waals surface area contributed by atoms with Crippen LogP contribution in [0, 0.1) is 6.92 Å². The van der Waals surface area contributed by atoms with Gasteiger partial charge >= 0.3 is 0 Å². The van der Waals surface area contributed by atoms with Crippen molar-refractivity contribution in [2.24, 2.45) is 0 Å². The van der Waals surface area contributed by atoms with E-state index in [1.54, 1.807) is 24.3 Å². The minimum absolute atomic E-state index is 0.0634. The molecule has 2 aromatic rings. The Morgan fingerprint density at radius 1 is 1.28 bits per heavy atom. The van der Waals surface area contributed by atoms with Gasteiger partial charge < -0.3 is 10.2 Å². The highest BCUT2D eigenvalue weighted by molar-refractivity contribution is 7.89. The summed E-state index contributed by atoms with van der Waals surface area (Å²) in [4.78, 5) is 15.9. The average Bonchev–Trinajstić information content (AvgIpc) is 3.09. The molecular weight excluding hydrogens is 358 g/mol. The van der Waals surface area contributed by atoms with E-state index in [9.17, 15) is 13.2 Å². The monoisotopic (exact) mass is 381 g/mol. The number of carbonyl (C=O) groups is 1. The first-order valence-electron chi connectivity index (χ1n) is 7.78. The number of sulfonamides is 1. The molecule has 136 valence electrons. The molecule has 25 heavy (non-hydrogen) atoms. The van der Waals surface area contributed by atoms with E-state index < -0.39 is 10.0 Å². The van der Waals surface area contributed by atoms with E-state index in [2.05, 4.69) is 10.0 Å². The fraction of sp³-hybridized carbons (Fsp3) is 0.353. The Kier molecular flexibility index (Phi) is 6.34. The van der Waals surface area contributed by atoms with Gasteiger partial charge in [0.15, 0.2) is 0 Å². The first kappa shape index (κ1) is 19.6. The number of rotatable bonds is 7. The number of aryl methyl sites for hydroxylation is 1. The van der Waals surface area contributed by atoms with Crippen molar-refractivity contribution in [1.29, 1.82) is 0 Å². The summed E-state index contributed by atoms with van der Waals surface area (Å²) in [5.41, 5.74) is 1.09. The van der Waals surface area contributed by atoms with Crippen molar-refractivity contribution in [2.75, 3.05) is 27.7 Å². The zero-order valence-electron chi connectivity index (χ0n) is 14.7. The second-order valence-electron chi connectivity index (χ2n) is 5.89. The lowest BCUT2D eigenvalue weighted by Gasteiger charge is -2.23. The van der Waals surface area contributed by atoms with Crippen LogP contribution in [0.4, 0.5) is 0 Å². The smallest absolute Gasteiger partial charge is 0.251 e. The lowest BCUT2D eigenvalue weighted by atomic mass is 10.1. The zero-order valence-corrected chi connectivity index (χ0v) is 16.4. The van der Waals surface area contributed by atoms with E-state index in [-0.39, 0.29) is 16.8 Å². The summed E-state index contributed by atoms with van der Waals surface area (Å²) < 4.78 is 26.2. The number of carbonyl (C=O) groups excluding carboxylic acids is 1. The standard InChI is InChI=1S/C17H23N3O3S2/c1-12-7-8-13(25(22,23)18-2)10-14(12)17(21)19-11-15(20(3)4)16-6-5-9-24-16/h5-10,15,18H,11H2,1-4H3,(H,19,21). The predicted molar refractivity (Wildman–Crippen MR) is 101 cm³/mol. The number of likely N-dealkylation sites (N-methyl/N-ethyl adjacent to an activating group) is 1. The van der Waals surface area contributed by atoms with Gasteiger partial charge in [0, 0.05) is 17.0 Å². The molecule has 1 aromatic carbocycles. The van der Waals surface area contributed by atoms with Crippen LogP contribution in [0.15, 0.2) is 40.6 Å². The van der Waals surface area contributed by atoms with Gasteiger partial charge in [-0.15, -0.1) is 11.3 Å². The molecule has 2 rings (SSSR count). The minimum atomic E-state index is -3.59. The Morgan fingerprint density at radius 3 is 2.56 bits per heavy atom. The van der Waals surface area contributed by atoms with Gasteiger partial charge in [-0.25, -0.2) is 13.1 Å². The molecule has 6 nitrogen and oxygen atoms in total. The molecule has 1 atom stereocenters. The predicted octanol–water partition coefficient (Wildman–Crippen LogP) is 2.00.